The monoisotopic (exact) mass is 558 g/mol. The predicted molar refractivity (Wildman–Crippen MR) is 150 cm³/mol. The van der Waals surface area contributed by atoms with E-state index in [1.807, 2.05) is 30.3 Å². The van der Waals surface area contributed by atoms with Gasteiger partial charge in [-0.3, -0.25) is 24.5 Å². The summed E-state index contributed by atoms with van der Waals surface area (Å²) in [5, 5.41) is 27.4. The Balaban J connectivity index is 1.67. The van der Waals surface area contributed by atoms with Crippen LogP contribution in [0.25, 0.3) is 22.0 Å². The molecule has 10 nitrogen and oxygen atoms in total. The topological polar surface area (TPSA) is 146 Å². The number of nitro benzene ring substituents is 1. The zero-order chi connectivity index (χ0) is 28.4. The Morgan fingerprint density at radius 1 is 1.05 bits per heavy atom. The number of H-pyrrole nitrogens is 1. The van der Waals surface area contributed by atoms with Gasteiger partial charge in [-0.05, 0) is 35.7 Å². The van der Waals surface area contributed by atoms with E-state index in [-0.39, 0.29) is 36.9 Å². The number of aromatic amines is 1. The van der Waals surface area contributed by atoms with E-state index in [0.717, 1.165) is 5.56 Å². The molecule has 0 spiro atoms. The Bertz CT molecular complexity index is 1730. The third-order valence-electron chi connectivity index (χ3n) is 6.74. The molecule has 40 heavy (non-hydrogen) atoms. The minimum atomic E-state index is -1.03. The van der Waals surface area contributed by atoms with Gasteiger partial charge in [0.2, 0.25) is 5.91 Å². The van der Waals surface area contributed by atoms with Crippen molar-refractivity contribution in [2.24, 2.45) is 5.10 Å². The number of carbonyl (C=O) groups excluding carboxylic acids is 1. The fraction of sp³-hybridized carbons (Fsp3) is 0.172. The maximum Gasteiger partial charge on any atom is 0.303 e. The average Bonchev–Trinajstić information content (AvgIpc) is 3.38. The van der Waals surface area contributed by atoms with Crippen molar-refractivity contribution >= 4 is 45.8 Å². The standard InChI is InChI=1S/C29H23ClN4O6/c30-19-12-13-22-21(15-19)27(17-6-2-1-3-7-17)28(29(38)31-22)23-16-24(18-8-4-9-20(14-18)34(39)40)33(32-23)25(35)10-5-11-26(36)37/h1-4,6-9,12-15,24H,5,10-11,16H2,(H,31,38)(H,36,37). The van der Waals surface area contributed by atoms with Crippen molar-refractivity contribution in [3.8, 4) is 11.1 Å². The van der Waals surface area contributed by atoms with Crippen molar-refractivity contribution in [1.82, 2.24) is 9.99 Å². The Kier molecular flexibility index (Phi) is 7.43. The quantitative estimate of drug-likeness (QED) is 0.210. The van der Waals surface area contributed by atoms with Crippen molar-refractivity contribution in [3.05, 3.63) is 109 Å². The fourth-order valence-corrected chi connectivity index (χ4v) is 5.12. The molecule has 5 rings (SSSR count). The van der Waals surface area contributed by atoms with Crippen molar-refractivity contribution in [1.29, 1.82) is 0 Å². The summed E-state index contributed by atoms with van der Waals surface area (Å²) in [4.78, 5) is 51.7. The average molecular weight is 559 g/mol. The van der Waals surface area contributed by atoms with Crippen LogP contribution in [0.15, 0.2) is 82.7 Å². The predicted octanol–water partition coefficient (Wildman–Crippen LogP) is 5.69. The zero-order valence-electron chi connectivity index (χ0n) is 21.0. The highest BCUT2D eigenvalue weighted by Gasteiger charge is 2.35. The molecule has 11 heteroatoms. The van der Waals surface area contributed by atoms with E-state index >= 15 is 0 Å². The molecule has 0 aliphatic carbocycles. The summed E-state index contributed by atoms with van der Waals surface area (Å²) in [6.45, 7) is 0. The van der Waals surface area contributed by atoms with Crippen LogP contribution >= 0.6 is 11.6 Å². The van der Waals surface area contributed by atoms with Crippen molar-refractivity contribution in [2.45, 2.75) is 31.7 Å². The summed E-state index contributed by atoms with van der Waals surface area (Å²) in [5.41, 5.74) is 2.42. The van der Waals surface area contributed by atoms with Gasteiger partial charge in [0.15, 0.2) is 0 Å². The van der Waals surface area contributed by atoms with E-state index in [1.54, 1.807) is 24.3 Å². The molecule has 3 aromatic carbocycles. The highest BCUT2D eigenvalue weighted by Crippen LogP contribution is 2.38. The second-order valence-electron chi connectivity index (χ2n) is 9.36. The number of carboxylic acid groups (broad SMARTS) is 1. The number of benzene rings is 3. The Labute approximate surface area is 232 Å². The van der Waals surface area contributed by atoms with Gasteiger partial charge >= 0.3 is 5.97 Å². The van der Waals surface area contributed by atoms with E-state index < -0.39 is 28.4 Å². The van der Waals surface area contributed by atoms with Crippen LogP contribution < -0.4 is 5.56 Å². The number of amides is 1. The molecule has 2 N–H and O–H groups in total. The smallest absolute Gasteiger partial charge is 0.303 e. The van der Waals surface area contributed by atoms with Crippen LogP contribution in [0.1, 0.15) is 42.9 Å². The van der Waals surface area contributed by atoms with Crippen LogP contribution in [0.5, 0.6) is 0 Å². The lowest BCUT2D eigenvalue weighted by molar-refractivity contribution is -0.385. The summed E-state index contributed by atoms with van der Waals surface area (Å²) in [6, 6.07) is 19.6. The number of fused-ring (bicyclic) bond motifs is 1. The SMILES string of the molecule is O=C(O)CCCC(=O)N1N=C(c2c(-c3ccccc3)c3cc(Cl)ccc3[nH]c2=O)CC1c1cccc([N+](=O)[O-])c1. The van der Waals surface area contributed by atoms with Crippen LogP contribution in [-0.4, -0.2) is 37.6 Å². The molecule has 0 saturated heterocycles. The van der Waals surface area contributed by atoms with E-state index in [1.165, 1.54) is 23.2 Å². The molecule has 0 saturated carbocycles. The molecule has 2 heterocycles. The molecule has 0 fully saturated rings. The lowest BCUT2D eigenvalue weighted by Crippen LogP contribution is -2.27. The zero-order valence-corrected chi connectivity index (χ0v) is 21.8. The van der Waals surface area contributed by atoms with E-state index in [0.29, 0.717) is 32.8 Å². The third-order valence-corrected chi connectivity index (χ3v) is 6.98. The number of carboxylic acids is 1. The first-order valence-electron chi connectivity index (χ1n) is 12.5. The molecule has 1 aliphatic rings. The largest absolute Gasteiger partial charge is 0.481 e. The van der Waals surface area contributed by atoms with Crippen LogP contribution in [0, 0.1) is 10.1 Å². The lowest BCUT2D eigenvalue weighted by Gasteiger charge is -2.22. The molecule has 1 amide bonds. The van der Waals surface area contributed by atoms with Crippen molar-refractivity contribution < 1.29 is 19.6 Å². The second-order valence-corrected chi connectivity index (χ2v) is 9.80. The molecule has 1 aliphatic heterocycles. The number of aliphatic carboxylic acids is 1. The molecule has 1 unspecified atom stereocenters. The summed E-state index contributed by atoms with van der Waals surface area (Å²) < 4.78 is 0. The molecule has 202 valence electrons. The number of hydrogen-bond acceptors (Lipinski definition) is 6. The maximum atomic E-state index is 13.6. The first-order valence-corrected chi connectivity index (χ1v) is 12.9. The van der Waals surface area contributed by atoms with E-state index in [4.69, 9.17) is 16.7 Å². The van der Waals surface area contributed by atoms with Gasteiger partial charge in [-0.15, -0.1) is 0 Å². The van der Waals surface area contributed by atoms with Gasteiger partial charge in [-0.2, -0.15) is 5.10 Å². The van der Waals surface area contributed by atoms with Gasteiger partial charge < -0.3 is 10.1 Å². The number of nitrogens with one attached hydrogen (secondary N) is 1. The second kappa shape index (κ2) is 11.1. The van der Waals surface area contributed by atoms with Gasteiger partial charge in [0.05, 0.1) is 22.2 Å². The summed E-state index contributed by atoms with van der Waals surface area (Å²) in [6.07, 6.45) is -0.0764. The number of nitrogens with zero attached hydrogens (tertiary/aromatic N) is 3. The van der Waals surface area contributed by atoms with Gasteiger partial charge in [0.1, 0.15) is 0 Å². The third kappa shape index (κ3) is 5.34. The van der Waals surface area contributed by atoms with Gasteiger partial charge in [0.25, 0.3) is 11.2 Å². The molecular weight excluding hydrogens is 536 g/mol. The summed E-state index contributed by atoms with van der Waals surface area (Å²) >= 11 is 6.34. The summed E-state index contributed by atoms with van der Waals surface area (Å²) in [5.74, 6) is -1.48. The van der Waals surface area contributed by atoms with Crippen LogP contribution in [0.4, 0.5) is 5.69 Å². The highest BCUT2D eigenvalue weighted by atomic mass is 35.5. The number of hydrazone groups is 1. The number of carbonyl (C=O) groups is 2. The normalized spacial score (nSPS) is 14.8. The Hall–Kier alpha value is -4.83. The number of pyridine rings is 1. The number of halogens is 1. The Morgan fingerprint density at radius 2 is 1.82 bits per heavy atom. The lowest BCUT2D eigenvalue weighted by atomic mass is 9.91. The van der Waals surface area contributed by atoms with E-state index in [9.17, 15) is 24.5 Å². The molecule has 1 atom stereocenters. The first kappa shape index (κ1) is 26.8. The maximum absolute atomic E-state index is 13.6. The van der Waals surface area contributed by atoms with Crippen molar-refractivity contribution in [3.63, 3.8) is 0 Å². The molecule has 4 aromatic rings. The highest BCUT2D eigenvalue weighted by molar-refractivity contribution is 6.31. The number of nitro groups is 1. The Morgan fingerprint density at radius 3 is 2.55 bits per heavy atom. The number of non-ortho nitro benzene ring substituents is 1. The van der Waals surface area contributed by atoms with Crippen LogP contribution in [0.2, 0.25) is 5.02 Å². The minimum Gasteiger partial charge on any atom is -0.481 e. The van der Waals surface area contributed by atoms with Crippen LogP contribution in [-0.2, 0) is 9.59 Å². The van der Waals surface area contributed by atoms with Gasteiger partial charge in [-0.1, -0.05) is 54.1 Å². The van der Waals surface area contributed by atoms with Crippen LogP contribution in [0.3, 0.4) is 0 Å². The fourth-order valence-electron chi connectivity index (χ4n) is 4.95. The first-order chi connectivity index (χ1) is 19.2. The molecular formula is C29H23ClN4O6. The summed E-state index contributed by atoms with van der Waals surface area (Å²) in [7, 11) is 0. The number of hydrogen-bond donors (Lipinski definition) is 2. The molecule has 0 radical (unpaired) electrons. The number of aromatic nitrogens is 1. The van der Waals surface area contributed by atoms with E-state index in [2.05, 4.69) is 10.1 Å². The molecule has 0 bridgehead atoms. The van der Waals surface area contributed by atoms with Crippen molar-refractivity contribution in [2.75, 3.05) is 0 Å². The van der Waals surface area contributed by atoms with Gasteiger partial charge in [0, 0.05) is 52.9 Å². The molecule has 1 aromatic heterocycles. The number of rotatable bonds is 8. The van der Waals surface area contributed by atoms with Gasteiger partial charge in [-0.25, -0.2) is 5.01 Å². The minimum absolute atomic E-state index is 0.0935.